The van der Waals surface area contributed by atoms with Crippen LogP contribution >= 0.6 is 0 Å². The van der Waals surface area contributed by atoms with Crippen molar-refractivity contribution < 1.29 is 9.53 Å². The Bertz CT molecular complexity index is 1320. The molecule has 0 bridgehead atoms. The van der Waals surface area contributed by atoms with Crippen LogP contribution in [0.2, 0.25) is 0 Å². The molecule has 0 radical (unpaired) electrons. The molecule has 0 saturated carbocycles. The molecule has 174 valence electrons. The first kappa shape index (κ1) is 22.3. The Labute approximate surface area is 199 Å². The number of hydrogen-bond acceptors (Lipinski definition) is 5. The zero-order chi connectivity index (χ0) is 23.3. The van der Waals surface area contributed by atoms with Crippen molar-refractivity contribution in [1.82, 2.24) is 19.9 Å². The molecular formula is C28H30N4O2. The lowest BCUT2D eigenvalue weighted by atomic mass is 10.1. The molecule has 5 rings (SSSR count). The molecule has 0 atom stereocenters. The van der Waals surface area contributed by atoms with Crippen molar-refractivity contribution in [1.29, 1.82) is 0 Å². The standard InChI is InChI=1S/C28H30N4O2/c1-34-28(33)21-13-14-22-24(19-21)30-27-26(22)23(12-6-9-17-32-15-7-3-8-16-32)29-25(31-27)18-20-10-4-2-5-11-20/h2,4-6,10-14,19H,3,7-9,15-18H2,1H3,(H,29,30,31)/b12-6+. The Morgan fingerprint density at radius 2 is 1.91 bits per heavy atom. The third kappa shape index (κ3) is 4.87. The van der Waals surface area contributed by atoms with Crippen LogP contribution in [-0.4, -0.2) is 52.6 Å². The average molecular weight is 455 g/mol. The van der Waals surface area contributed by atoms with E-state index in [0.29, 0.717) is 12.0 Å². The number of nitrogens with zero attached hydrogens (tertiary/aromatic N) is 3. The summed E-state index contributed by atoms with van der Waals surface area (Å²) >= 11 is 0. The van der Waals surface area contributed by atoms with Crippen LogP contribution in [0.5, 0.6) is 0 Å². The van der Waals surface area contributed by atoms with Crippen molar-refractivity contribution >= 4 is 34.0 Å². The lowest BCUT2D eigenvalue weighted by Crippen LogP contribution is -2.30. The van der Waals surface area contributed by atoms with E-state index in [1.807, 2.05) is 30.3 Å². The Kier molecular flexibility index (Phi) is 6.67. The minimum atomic E-state index is -0.353. The predicted molar refractivity (Wildman–Crippen MR) is 136 cm³/mol. The predicted octanol–water partition coefficient (Wildman–Crippen LogP) is 5.38. The molecular weight excluding hydrogens is 424 g/mol. The number of rotatable bonds is 7. The number of aromatic amines is 1. The molecule has 6 nitrogen and oxygen atoms in total. The van der Waals surface area contributed by atoms with E-state index in [1.165, 1.54) is 45.0 Å². The molecule has 2 aromatic carbocycles. The fraction of sp³-hybridized carbons (Fsp3) is 0.321. The summed E-state index contributed by atoms with van der Waals surface area (Å²) in [6.07, 6.45) is 9.98. The summed E-state index contributed by atoms with van der Waals surface area (Å²) in [5.74, 6) is 0.420. The number of H-pyrrole nitrogens is 1. The van der Waals surface area contributed by atoms with Gasteiger partial charge in [0.2, 0.25) is 0 Å². The number of esters is 1. The Hall–Kier alpha value is -3.51. The maximum Gasteiger partial charge on any atom is 0.337 e. The van der Waals surface area contributed by atoms with Crippen LogP contribution in [0.1, 0.15) is 53.1 Å². The van der Waals surface area contributed by atoms with E-state index in [1.54, 1.807) is 6.07 Å². The minimum Gasteiger partial charge on any atom is -0.465 e. The molecule has 6 heteroatoms. The second kappa shape index (κ2) is 10.2. The van der Waals surface area contributed by atoms with E-state index in [-0.39, 0.29) is 5.97 Å². The second-order valence-electron chi connectivity index (χ2n) is 8.88. The Morgan fingerprint density at radius 1 is 1.09 bits per heavy atom. The van der Waals surface area contributed by atoms with Gasteiger partial charge in [0.25, 0.3) is 0 Å². The number of ether oxygens (including phenoxy) is 1. The van der Waals surface area contributed by atoms with Gasteiger partial charge in [-0.1, -0.05) is 48.9 Å². The van der Waals surface area contributed by atoms with Crippen molar-refractivity contribution in [3.63, 3.8) is 0 Å². The first-order valence-corrected chi connectivity index (χ1v) is 12.0. The number of nitrogens with one attached hydrogen (secondary N) is 1. The summed E-state index contributed by atoms with van der Waals surface area (Å²) in [5.41, 5.74) is 4.23. The van der Waals surface area contributed by atoms with Crippen LogP contribution in [0.3, 0.4) is 0 Å². The summed E-state index contributed by atoms with van der Waals surface area (Å²) in [4.78, 5) is 27.8. The molecule has 1 aliphatic heterocycles. The Balaban J connectivity index is 1.50. The molecule has 1 saturated heterocycles. The van der Waals surface area contributed by atoms with Crippen molar-refractivity contribution in [2.75, 3.05) is 26.7 Å². The molecule has 0 aliphatic carbocycles. The molecule has 4 aromatic rings. The van der Waals surface area contributed by atoms with Gasteiger partial charge >= 0.3 is 5.97 Å². The van der Waals surface area contributed by atoms with Gasteiger partial charge < -0.3 is 14.6 Å². The normalized spacial score (nSPS) is 14.9. The smallest absolute Gasteiger partial charge is 0.337 e. The average Bonchev–Trinajstić information content (AvgIpc) is 3.25. The van der Waals surface area contributed by atoms with Crippen LogP contribution in [0, 0.1) is 0 Å². The SMILES string of the molecule is COC(=O)c1ccc2c(c1)[nH]c1nc(Cc3ccccc3)nc(/C=C/CCN3CCCCC3)c12. The first-order valence-electron chi connectivity index (χ1n) is 12.0. The summed E-state index contributed by atoms with van der Waals surface area (Å²) in [7, 11) is 1.39. The van der Waals surface area contributed by atoms with Gasteiger partial charge in [0, 0.05) is 23.9 Å². The largest absolute Gasteiger partial charge is 0.465 e. The highest BCUT2D eigenvalue weighted by atomic mass is 16.5. The maximum absolute atomic E-state index is 12.0. The summed E-state index contributed by atoms with van der Waals surface area (Å²) < 4.78 is 4.89. The molecule has 34 heavy (non-hydrogen) atoms. The zero-order valence-electron chi connectivity index (χ0n) is 19.6. The number of carbonyl (C=O) groups excluding carboxylic acids is 1. The number of aromatic nitrogens is 3. The molecule has 3 heterocycles. The van der Waals surface area contributed by atoms with E-state index < -0.39 is 0 Å². The highest BCUT2D eigenvalue weighted by Gasteiger charge is 2.15. The fourth-order valence-electron chi connectivity index (χ4n) is 4.73. The van der Waals surface area contributed by atoms with Gasteiger partial charge in [-0.3, -0.25) is 0 Å². The lowest BCUT2D eigenvalue weighted by molar-refractivity contribution is 0.0601. The summed E-state index contributed by atoms with van der Waals surface area (Å²) in [6, 6.07) is 15.8. The highest BCUT2D eigenvalue weighted by molar-refractivity contribution is 6.10. The van der Waals surface area contributed by atoms with Gasteiger partial charge in [-0.05, 0) is 56.1 Å². The number of methoxy groups -OCH3 is 1. The quantitative estimate of drug-likeness (QED) is 0.380. The highest BCUT2D eigenvalue weighted by Crippen LogP contribution is 2.29. The molecule has 0 spiro atoms. The van der Waals surface area contributed by atoms with E-state index in [0.717, 1.165) is 46.4 Å². The van der Waals surface area contributed by atoms with Gasteiger partial charge in [-0.2, -0.15) is 0 Å². The molecule has 0 amide bonds. The monoisotopic (exact) mass is 454 g/mol. The van der Waals surface area contributed by atoms with Crippen molar-refractivity contribution in [3.8, 4) is 0 Å². The van der Waals surface area contributed by atoms with E-state index in [9.17, 15) is 4.79 Å². The third-order valence-electron chi connectivity index (χ3n) is 6.49. The van der Waals surface area contributed by atoms with Gasteiger partial charge in [0.1, 0.15) is 11.5 Å². The fourth-order valence-corrected chi connectivity index (χ4v) is 4.73. The van der Waals surface area contributed by atoms with Gasteiger partial charge in [0.15, 0.2) is 0 Å². The van der Waals surface area contributed by atoms with Gasteiger partial charge in [-0.15, -0.1) is 0 Å². The van der Waals surface area contributed by atoms with Crippen LogP contribution in [-0.2, 0) is 11.2 Å². The summed E-state index contributed by atoms with van der Waals surface area (Å²) in [6.45, 7) is 3.49. The number of likely N-dealkylation sites (tertiary alicyclic amines) is 1. The number of piperidine rings is 1. The van der Waals surface area contributed by atoms with Crippen LogP contribution in [0.4, 0.5) is 0 Å². The molecule has 1 aliphatic rings. The first-order chi connectivity index (χ1) is 16.7. The summed E-state index contributed by atoms with van der Waals surface area (Å²) in [5, 5.41) is 1.99. The molecule has 2 aromatic heterocycles. The zero-order valence-corrected chi connectivity index (χ0v) is 19.6. The topological polar surface area (TPSA) is 71.1 Å². The molecule has 0 unspecified atom stereocenters. The molecule has 1 fully saturated rings. The second-order valence-corrected chi connectivity index (χ2v) is 8.88. The molecule has 1 N–H and O–H groups in total. The third-order valence-corrected chi connectivity index (χ3v) is 6.49. The van der Waals surface area contributed by atoms with Crippen LogP contribution < -0.4 is 0 Å². The maximum atomic E-state index is 12.0. The number of carbonyl (C=O) groups is 1. The van der Waals surface area contributed by atoms with E-state index in [2.05, 4.69) is 34.2 Å². The van der Waals surface area contributed by atoms with E-state index in [4.69, 9.17) is 14.7 Å². The van der Waals surface area contributed by atoms with Gasteiger partial charge in [0.05, 0.1) is 23.8 Å². The van der Waals surface area contributed by atoms with Crippen LogP contribution in [0.15, 0.2) is 54.6 Å². The van der Waals surface area contributed by atoms with Crippen molar-refractivity contribution in [3.05, 3.63) is 77.3 Å². The van der Waals surface area contributed by atoms with E-state index >= 15 is 0 Å². The minimum absolute atomic E-state index is 0.353. The Morgan fingerprint density at radius 3 is 2.71 bits per heavy atom. The number of hydrogen-bond donors (Lipinski definition) is 1. The van der Waals surface area contributed by atoms with Crippen LogP contribution in [0.25, 0.3) is 28.0 Å². The van der Waals surface area contributed by atoms with Crippen molar-refractivity contribution in [2.24, 2.45) is 0 Å². The number of benzene rings is 2. The lowest BCUT2D eigenvalue weighted by Gasteiger charge is -2.25. The van der Waals surface area contributed by atoms with Gasteiger partial charge in [-0.25, -0.2) is 14.8 Å². The number of fused-ring (bicyclic) bond motifs is 3. The van der Waals surface area contributed by atoms with Crippen molar-refractivity contribution in [2.45, 2.75) is 32.1 Å².